The molecule has 0 saturated carbocycles. The molecule has 2 amide bonds. The van der Waals surface area contributed by atoms with E-state index in [9.17, 15) is 19.5 Å². The molecule has 0 aliphatic heterocycles. The Balaban J connectivity index is 4.56. The first-order valence-electron chi connectivity index (χ1n) is 7.32. The van der Waals surface area contributed by atoms with Gasteiger partial charge in [-0.15, -0.1) is 0 Å². The maximum atomic E-state index is 11.9. The first-order chi connectivity index (χ1) is 10.2. The Morgan fingerprint density at radius 2 is 1.52 bits per heavy atom. The number of likely N-dealkylation sites (N-methyl/N-ethyl adjacent to an activating group) is 1. The highest BCUT2D eigenvalue weighted by Crippen LogP contribution is 2.10. The van der Waals surface area contributed by atoms with Crippen molar-refractivity contribution in [3.05, 3.63) is 0 Å². The molecule has 8 nitrogen and oxygen atoms in total. The van der Waals surface area contributed by atoms with E-state index in [4.69, 9.17) is 9.47 Å². The van der Waals surface area contributed by atoms with Crippen LogP contribution in [-0.2, 0) is 19.1 Å². The molecule has 0 aromatic heterocycles. The first kappa shape index (κ1) is 21.2. The molecule has 0 aromatic rings. The number of nitrogens with zero attached hydrogens (tertiary/aromatic N) is 1. The fourth-order valence-electron chi connectivity index (χ4n) is 1.41. The molecule has 0 heterocycles. The maximum absolute atomic E-state index is 11.9. The molecule has 0 unspecified atom stereocenters. The van der Waals surface area contributed by atoms with Gasteiger partial charge in [0.15, 0.2) is 6.04 Å². The van der Waals surface area contributed by atoms with Crippen LogP contribution in [-0.4, -0.2) is 65.4 Å². The van der Waals surface area contributed by atoms with Crippen LogP contribution in [0.2, 0.25) is 0 Å². The molecule has 0 spiro atoms. The molecular formula is C15H28N2O6. The molecule has 1 atom stereocenters. The summed E-state index contributed by atoms with van der Waals surface area (Å²) in [6, 6.07) is -1.19. The Morgan fingerprint density at radius 1 is 1.04 bits per heavy atom. The van der Waals surface area contributed by atoms with E-state index < -0.39 is 41.8 Å². The van der Waals surface area contributed by atoms with Crippen molar-refractivity contribution >= 4 is 18.0 Å². The first-order valence-corrected chi connectivity index (χ1v) is 7.32. The van der Waals surface area contributed by atoms with E-state index in [1.54, 1.807) is 41.5 Å². The molecular weight excluding hydrogens is 304 g/mol. The second-order valence-corrected chi connectivity index (χ2v) is 7.17. The van der Waals surface area contributed by atoms with E-state index in [0.29, 0.717) is 0 Å². The number of carbonyl (C=O) groups excluding carboxylic acids is 3. The molecule has 0 radical (unpaired) electrons. The van der Waals surface area contributed by atoms with Crippen LogP contribution in [0.15, 0.2) is 0 Å². The largest absolute Gasteiger partial charge is 0.458 e. The average Bonchev–Trinajstić information content (AvgIpc) is 2.31. The van der Waals surface area contributed by atoms with E-state index in [0.717, 1.165) is 4.90 Å². The van der Waals surface area contributed by atoms with Crippen molar-refractivity contribution in [2.75, 3.05) is 20.2 Å². The van der Waals surface area contributed by atoms with Gasteiger partial charge in [-0.2, -0.15) is 0 Å². The van der Waals surface area contributed by atoms with Gasteiger partial charge in [-0.3, -0.25) is 4.79 Å². The van der Waals surface area contributed by atoms with Crippen LogP contribution in [0.4, 0.5) is 4.79 Å². The normalized spacial score (nSPS) is 13.0. The third-order valence-electron chi connectivity index (χ3n) is 2.30. The van der Waals surface area contributed by atoms with Gasteiger partial charge in [0.2, 0.25) is 5.91 Å². The summed E-state index contributed by atoms with van der Waals surface area (Å²) in [4.78, 5) is 36.5. The van der Waals surface area contributed by atoms with Gasteiger partial charge >= 0.3 is 12.1 Å². The molecule has 8 heteroatoms. The molecule has 0 aromatic carbocycles. The monoisotopic (exact) mass is 332 g/mol. The fraction of sp³-hybridized carbons (Fsp3) is 0.800. The molecule has 0 bridgehead atoms. The third kappa shape index (κ3) is 9.72. The number of nitrogens with one attached hydrogen (secondary N) is 1. The van der Waals surface area contributed by atoms with Gasteiger partial charge in [-0.25, -0.2) is 9.59 Å². The van der Waals surface area contributed by atoms with Crippen LogP contribution < -0.4 is 5.32 Å². The second-order valence-electron chi connectivity index (χ2n) is 7.17. The van der Waals surface area contributed by atoms with Crippen LogP contribution in [0.1, 0.15) is 41.5 Å². The number of esters is 1. The number of hydrogen-bond acceptors (Lipinski definition) is 6. The zero-order chi connectivity index (χ0) is 18.4. The summed E-state index contributed by atoms with van der Waals surface area (Å²) in [7, 11) is 1.40. The van der Waals surface area contributed by atoms with Crippen LogP contribution >= 0.6 is 0 Å². The van der Waals surface area contributed by atoms with Gasteiger partial charge in [0, 0.05) is 7.05 Å². The molecule has 0 aliphatic rings. The lowest BCUT2D eigenvalue weighted by Gasteiger charge is -2.26. The maximum Gasteiger partial charge on any atom is 0.410 e. The van der Waals surface area contributed by atoms with Crippen molar-refractivity contribution in [2.24, 2.45) is 0 Å². The Morgan fingerprint density at radius 3 is 1.91 bits per heavy atom. The number of carbonyl (C=O) groups is 3. The van der Waals surface area contributed by atoms with Crippen LogP contribution in [0.5, 0.6) is 0 Å². The molecule has 2 N–H and O–H groups in total. The van der Waals surface area contributed by atoms with Crippen molar-refractivity contribution in [2.45, 2.75) is 58.8 Å². The van der Waals surface area contributed by atoms with Crippen molar-refractivity contribution in [1.29, 1.82) is 0 Å². The van der Waals surface area contributed by atoms with E-state index in [-0.39, 0.29) is 6.54 Å². The highest BCUT2D eigenvalue weighted by Gasteiger charge is 2.27. The molecule has 0 rings (SSSR count). The topological polar surface area (TPSA) is 105 Å². The lowest BCUT2D eigenvalue weighted by Crippen LogP contribution is -2.49. The second kappa shape index (κ2) is 8.14. The van der Waals surface area contributed by atoms with Gasteiger partial charge in [-0.1, -0.05) is 0 Å². The smallest absolute Gasteiger partial charge is 0.410 e. The van der Waals surface area contributed by atoms with Gasteiger partial charge in [0.05, 0.1) is 6.61 Å². The van der Waals surface area contributed by atoms with E-state index >= 15 is 0 Å². The Bertz CT molecular complexity index is 436. The Labute approximate surface area is 137 Å². The number of amides is 2. The van der Waals surface area contributed by atoms with Crippen molar-refractivity contribution < 1.29 is 29.0 Å². The summed E-state index contributed by atoms with van der Waals surface area (Å²) in [5.41, 5.74) is -1.41. The molecule has 23 heavy (non-hydrogen) atoms. The summed E-state index contributed by atoms with van der Waals surface area (Å²) >= 11 is 0. The third-order valence-corrected chi connectivity index (χ3v) is 2.30. The number of rotatable bonds is 5. The number of aliphatic hydroxyl groups is 1. The minimum absolute atomic E-state index is 0.311. The van der Waals surface area contributed by atoms with Gasteiger partial charge in [0.1, 0.15) is 17.7 Å². The summed E-state index contributed by atoms with van der Waals surface area (Å²) in [6.07, 6.45) is -0.662. The van der Waals surface area contributed by atoms with E-state index in [1.807, 2.05) is 0 Å². The number of hydrogen-bond donors (Lipinski definition) is 2. The Hall–Kier alpha value is -1.83. The average molecular weight is 332 g/mol. The zero-order valence-corrected chi connectivity index (χ0v) is 14.9. The fourth-order valence-corrected chi connectivity index (χ4v) is 1.41. The van der Waals surface area contributed by atoms with Gasteiger partial charge in [0.25, 0.3) is 0 Å². The summed E-state index contributed by atoms with van der Waals surface area (Å²) < 4.78 is 10.2. The zero-order valence-electron chi connectivity index (χ0n) is 14.9. The van der Waals surface area contributed by atoms with Crippen molar-refractivity contribution in [1.82, 2.24) is 10.2 Å². The standard InChI is InChI=1S/C15H28N2O6/c1-14(2,3)22-12(20)10(9-18)16-11(19)8-17(7)13(21)23-15(4,5)6/h10,18H,8-9H2,1-7H3,(H,16,19)/t10-/m0/s1. The van der Waals surface area contributed by atoms with E-state index in [1.165, 1.54) is 7.05 Å². The lowest BCUT2D eigenvalue weighted by atomic mass is 10.2. The summed E-state index contributed by atoms with van der Waals surface area (Å²) in [5, 5.41) is 11.5. The predicted molar refractivity (Wildman–Crippen MR) is 83.7 cm³/mol. The van der Waals surface area contributed by atoms with E-state index in [2.05, 4.69) is 5.32 Å². The summed E-state index contributed by atoms with van der Waals surface area (Å²) in [5.74, 6) is -1.35. The SMILES string of the molecule is CN(CC(=O)N[C@@H](CO)C(=O)OC(C)(C)C)C(=O)OC(C)(C)C. The van der Waals surface area contributed by atoms with Crippen molar-refractivity contribution in [3.63, 3.8) is 0 Å². The number of aliphatic hydroxyl groups excluding tert-OH is 1. The van der Waals surface area contributed by atoms with Crippen molar-refractivity contribution in [3.8, 4) is 0 Å². The van der Waals surface area contributed by atoms with Crippen LogP contribution in [0.3, 0.4) is 0 Å². The highest BCUT2D eigenvalue weighted by molar-refractivity contribution is 5.87. The number of ether oxygens (including phenoxy) is 2. The molecule has 0 aliphatic carbocycles. The molecule has 134 valence electrons. The Kier molecular flexibility index (Phi) is 7.50. The molecule has 0 fully saturated rings. The highest BCUT2D eigenvalue weighted by atomic mass is 16.6. The molecule has 0 saturated heterocycles. The quantitative estimate of drug-likeness (QED) is 0.717. The summed E-state index contributed by atoms with van der Waals surface area (Å²) in [6.45, 7) is 9.26. The predicted octanol–water partition coefficient (Wildman–Crippen LogP) is 0.672. The van der Waals surface area contributed by atoms with Gasteiger partial charge < -0.3 is 24.8 Å². The van der Waals surface area contributed by atoms with Crippen LogP contribution in [0, 0.1) is 0 Å². The minimum atomic E-state index is -1.19. The minimum Gasteiger partial charge on any atom is -0.458 e. The van der Waals surface area contributed by atoms with Gasteiger partial charge in [-0.05, 0) is 41.5 Å². The van der Waals surface area contributed by atoms with Crippen LogP contribution in [0.25, 0.3) is 0 Å². The lowest BCUT2D eigenvalue weighted by molar-refractivity contribution is -0.159.